The van der Waals surface area contributed by atoms with Crippen LogP contribution in [-0.2, 0) is 0 Å². The van der Waals surface area contributed by atoms with Crippen LogP contribution in [0, 0.1) is 12.7 Å². The van der Waals surface area contributed by atoms with E-state index in [0.717, 1.165) is 55.7 Å². The van der Waals surface area contributed by atoms with Crippen LogP contribution in [0.2, 0.25) is 0 Å². The van der Waals surface area contributed by atoms with Crippen molar-refractivity contribution in [2.24, 2.45) is 0 Å². The van der Waals surface area contributed by atoms with E-state index in [2.05, 4.69) is 16.1 Å². The van der Waals surface area contributed by atoms with Crippen LogP contribution >= 0.6 is 0 Å². The van der Waals surface area contributed by atoms with E-state index in [4.69, 9.17) is 14.2 Å². The number of hydrogen-bond acceptors (Lipinski definition) is 5. The van der Waals surface area contributed by atoms with Gasteiger partial charge in [-0.05, 0) is 61.0 Å². The number of aromatic nitrogens is 4. The van der Waals surface area contributed by atoms with E-state index in [1.165, 1.54) is 18.3 Å². The second-order valence-electron chi connectivity index (χ2n) is 10.2. The van der Waals surface area contributed by atoms with Crippen LogP contribution < -0.4 is 14.2 Å². The summed E-state index contributed by atoms with van der Waals surface area (Å²) in [6.45, 7) is 2.00. The second kappa shape index (κ2) is 10.6. The molecule has 7 rings (SSSR count). The van der Waals surface area contributed by atoms with Gasteiger partial charge in [-0.3, -0.25) is 4.57 Å². The van der Waals surface area contributed by atoms with Crippen molar-refractivity contribution in [1.29, 1.82) is 0 Å². The van der Waals surface area contributed by atoms with Crippen molar-refractivity contribution in [1.82, 2.24) is 19.3 Å². The standard InChI is InChI=1S/C35H27FN4O3/c1-22-15-32(41-2)35(33(16-22)42-3)23-20-38-39(21-23)25-7-6-8-26(18-25)43-27-11-12-29-28-9-4-5-10-30(28)40(31(29)19-27)34-17-24(36)13-14-37-34/h4-21H,1-3H3. The van der Waals surface area contributed by atoms with Gasteiger partial charge in [0, 0.05) is 46.9 Å². The molecule has 3 heterocycles. The molecule has 8 heteroatoms. The maximum absolute atomic E-state index is 14.2. The minimum Gasteiger partial charge on any atom is -0.496 e. The highest BCUT2D eigenvalue weighted by Crippen LogP contribution is 2.40. The fraction of sp³-hybridized carbons (Fsp3) is 0.0857. The van der Waals surface area contributed by atoms with Gasteiger partial charge in [0.1, 0.15) is 34.6 Å². The highest BCUT2D eigenvalue weighted by molar-refractivity contribution is 6.09. The molecule has 0 aliphatic heterocycles. The molecule has 0 unspecified atom stereocenters. The summed E-state index contributed by atoms with van der Waals surface area (Å²) in [5.41, 5.74) is 5.38. The van der Waals surface area contributed by atoms with Crippen molar-refractivity contribution in [2.75, 3.05) is 14.2 Å². The molecule has 0 amide bonds. The molecule has 0 saturated carbocycles. The quantitative estimate of drug-likeness (QED) is 0.193. The van der Waals surface area contributed by atoms with Crippen LogP contribution in [0.3, 0.4) is 0 Å². The van der Waals surface area contributed by atoms with Gasteiger partial charge in [0.05, 0.1) is 42.7 Å². The summed E-state index contributed by atoms with van der Waals surface area (Å²) in [6, 6.07) is 28.4. The molecule has 212 valence electrons. The van der Waals surface area contributed by atoms with Crippen molar-refractivity contribution in [2.45, 2.75) is 6.92 Å². The Balaban J connectivity index is 1.25. The number of rotatable bonds is 7. The van der Waals surface area contributed by atoms with E-state index in [1.54, 1.807) is 25.1 Å². The minimum atomic E-state index is -0.346. The molecular weight excluding hydrogens is 543 g/mol. The Bertz CT molecular complexity index is 2110. The average Bonchev–Trinajstić information content (AvgIpc) is 3.64. The molecule has 0 N–H and O–H groups in total. The van der Waals surface area contributed by atoms with Crippen molar-refractivity contribution >= 4 is 21.8 Å². The lowest BCUT2D eigenvalue weighted by atomic mass is 10.0. The predicted octanol–water partition coefficient (Wildman–Crippen LogP) is 8.29. The SMILES string of the molecule is COc1cc(C)cc(OC)c1-c1cnn(-c2cccc(Oc3ccc4c5ccccc5n(-c5cc(F)ccn5)c4c3)c2)c1. The molecule has 7 aromatic rings. The topological polar surface area (TPSA) is 63.3 Å². The number of hydrogen-bond donors (Lipinski definition) is 0. The summed E-state index contributed by atoms with van der Waals surface area (Å²) in [7, 11) is 3.29. The lowest BCUT2D eigenvalue weighted by molar-refractivity contribution is 0.397. The Kier molecular flexibility index (Phi) is 6.51. The summed E-state index contributed by atoms with van der Waals surface area (Å²) >= 11 is 0. The number of nitrogens with zero attached hydrogens (tertiary/aromatic N) is 4. The van der Waals surface area contributed by atoms with E-state index in [9.17, 15) is 4.39 Å². The third kappa shape index (κ3) is 4.72. The number of methoxy groups -OCH3 is 2. The molecule has 0 aliphatic rings. The fourth-order valence-corrected chi connectivity index (χ4v) is 5.52. The Labute approximate surface area is 247 Å². The molecule has 7 nitrogen and oxygen atoms in total. The number of ether oxygens (including phenoxy) is 3. The van der Waals surface area contributed by atoms with Crippen LogP contribution in [0.5, 0.6) is 23.0 Å². The number of fused-ring (bicyclic) bond motifs is 3. The summed E-state index contributed by atoms with van der Waals surface area (Å²) in [5.74, 6) is 2.87. The molecule has 0 spiro atoms. The van der Waals surface area contributed by atoms with Gasteiger partial charge in [0.25, 0.3) is 0 Å². The van der Waals surface area contributed by atoms with Crippen molar-refractivity contribution in [3.63, 3.8) is 0 Å². The number of benzene rings is 4. The van der Waals surface area contributed by atoms with E-state index in [-0.39, 0.29) is 5.82 Å². The van der Waals surface area contributed by atoms with Crippen LogP contribution in [0.25, 0.3) is 44.4 Å². The Morgan fingerprint density at radius 3 is 2.30 bits per heavy atom. The number of pyridine rings is 1. The van der Waals surface area contributed by atoms with E-state index in [0.29, 0.717) is 17.3 Å². The number of halogens is 1. The van der Waals surface area contributed by atoms with E-state index >= 15 is 0 Å². The van der Waals surface area contributed by atoms with Gasteiger partial charge in [-0.2, -0.15) is 5.10 Å². The van der Waals surface area contributed by atoms with Crippen molar-refractivity contribution in [3.05, 3.63) is 121 Å². The summed E-state index contributed by atoms with van der Waals surface area (Å²) in [5, 5.41) is 6.68. The van der Waals surface area contributed by atoms with Gasteiger partial charge in [-0.25, -0.2) is 14.1 Å². The zero-order chi connectivity index (χ0) is 29.5. The van der Waals surface area contributed by atoms with Gasteiger partial charge in [0.15, 0.2) is 0 Å². The number of aryl methyl sites for hydroxylation is 1. The first kappa shape index (κ1) is 26.3. The lowest BCUT2D eigenvalue weighted by Crippen LogP contribution is -1.98. The van der Waals surface area contributed by atoms with Gasteiger partial charge < -0.3 is 14.2 Å². The zero-order valence-corrected chi connectivity index (χ0v) is 23.8. The maximum atomic E-state index is 14.2. The molecule has 0 saturated heterocycles. The molecular formula is C35H27FN4O3. The fourth-order valence-electron chi connectivity index (χ4n) is 5.52. The normalized spacial score (nSPS) is 11.3. The predicted molar refractivity (Wildman–Crippen MR) is 165 cm³/mol. The van der Waals surface area contributed by atoms with Gasteiger partial charge in [-0.1, -0.05) is 24.3 Å². The summed E-state index contributed by atoms with van der Waals surface area (Å²) < 4.78 is 35.6. The molecule has 0 atom stereocenters. The highest BCUT2D eigenvalue weighted by atomic mass is 19.1. The van der Waals surface area contributed by atoms with Gasteiger partial charge >= 0.3 is 0 Å². The van der Waals surface area contributed by atoms with Crippen molar-refractivity contribution < 1.29 is 18.6 Å². The smallest absolute Gasteiger partial charge is 0.140 e. The molecule has 0 radical (unpaired) electrons. The molecule has 0 fully saturated rings. The molecule has 4 aromatic carbocycles. The van der Waals surface area contributed by atoms with Crippen LogP contribution in [-0.4, -0.2) is 33.6 Å². The minimum absolute atomic E-state index is 0.346. The first-order valence-electron chi connectivity index (χ1n) is 13.7. The first-order chi connectivity index (χ1) is 21.0. The van der Waals surface area contributed by atoms with Gasteiger partial charge in [-0.15, -0.1) is 0 Å². The molecule has 0 aliphatic carbocycles. The van der Waals surface area contributed by atoms with Gasteiger partial charge in [0.2, 0.25) is 0 Å². The second-order valence-corrected chi connectivity index (χ2v) is 10.2. The first-order valence-corrected chi connectivity index (χ1v) is 13.7. The van der Waals surface area contributed by atoms with E-state index < -0.39 is 0 Å². The Hall–Kier alpha value is -5.63. The largest absolute Gasteiger partial charge is 0.496 e. The van der Waals surface area contributed by atoms with Crippen LogP contribution in [0.1, 0.15) is 5.56 Å². The zero-order valence-electron chi connectivity index (χ0n) is 23.8. The lowest BCUT2D eigenvalue weighted by Gasteiger charge is -2.13. The number of para-hydroxylation sites is 1. The third-order valence-corrected chi connectivity index (χ3v) is 7.42. The van der Waals surface area contributed by atoms with E-state index in [1.807, 2.05) is 90.5 Å². The maximum Gasteiger partial charge on any atom is 0.140 e. The van der Waals surface area contributed by atoms with Crippen LogP contribution in [0.4, 0.5) is 4.39 Å². The molecule has 0 bridgehead atoms. The summed E-state index contributed by atoms with van der Waals surface area (Å²) in [6.07, 6.45) is 5.20. The molecule has 43 heavy (non-hydrogen) atoms. The highest BCUT2D eigenvalue weighted by Gasteiger charge is 2.17. The Morgan fingerprint density at radius 1 is 0.744 bits per heavy atom. The monoisotopic (exact) mass is 570 g/mol. The molecule has 3 aromatic heterocycles. The Morgan fingerprint density at radius 2 is 1.51 bits per heavy atom. The van der Waals surface area contributed by atoms with Crippen LogP contribution in [0.15, 0.2) is 110 Å². The average molecular weight is 571 g/mol. The summed E-state index contributed by atoms with van der Waals surface area (Å²) in [4.78, 5) is 4.45. The third-order valence-electron chi connectivity index (χ3n) is 7.42. The van der Waals surface area contributed by atoms with Crippen molar-refractivity contribution in [3.8, 4) is 45.6 Å².